The van der Waals surface area contributed by atoms with E-state index in [9.17, 15) is 0 Å². The molecule has 1 saturated carbocycles. The molecule has 1 aliphatic heterocycles. The van der Waals surface area contributed by atoms with Gasteiger partial charge in [-0.3, -0.25) is 0 Å². The normalized spacial score (nSPS) is 17.7. The summed E-state index contributed by atoms with van der Waals surface area (Å²) in [6.45, 7) is 3.66. The number of benzene rings is 1. The predicted octanol–water partition coefficient (Wildman–Crippen LogP) is 1.78. The third-order valence-electron chi connectivity index (χ3n) is 4.48. The molecule has 7 heteroatoms. The fraction of sp³-hybridized carbons (Fsp3) is 0.471. The van der Waals surface area contributed by atoms with Gasteiger partial charge < -0.3 is 19.9 Å². The van der Waals surface area contributed by atoms with Crippen LogP contribution >= 0.6 is 0 Å². The molecule has 1 saturated heterocycles. The van der Waals surface area contributed by atoms with E-state index in [1.54, 1.807) is 13.3 Å². The third-order valence-corrected chi connectivity index (χ3v) is 4.48. The summed E-state index contributed by atoms with van der Waals surface area (Å²) < 4.78 is 5.22. The molecule has 2 aromatic rings. The summed E-state index contributed by atoms with van der Waals surface area (Å²) >= 11 is 0. The van der Waals surface area contributed by atoms with E-state index in [1.165, 1.54) is 18.5 Å². The van der Waals surface area contributed by atoms with Crippen molar-refractivity contribution in [3.05, 3.63) is 30.5 Å². The van der Waals surface area contributed by atoms with Crippen molar-refractivity contribution < 1.29 is 4.74 Å². The van der Waals surface area contributed by atoms with Crippen LogP contribution in [0.1, 0.15) is 12.8 Å². The second-order valence-electron chi connectivity index (χ2n) is 6.23. The van der Waals surface area contributed by atoms with Crippen LogP contribution in [-0.4, -0.2) is 54.5 Å². The highest BCUT2D eigenvalue weighted by Gasteiger charge is 2.23. The molecule has 2 fully saturated rings. The Morgan fingerprint density at radius 1 is 1.04 bits per heavy atom. The number of nitrogens with zero attached hydrogens (tertiary/aromatic N) is 5. The van der Waals surface area contributed by atoms with Crippen molar-refractivity contribution in [2.45, 2.75) is 18.9 Å². The van der Waals surface area contributed by atoms with Gasteiger partial charge in [-0.15, -0.1) is 5.10 Å². The summed E-state index contributed by atoms with van der Waals surface area (Å²) in [7, 11) is 1.69. The zero-order valence-corrected chi connectivity index (χ0v) is 13.9. The zero-order valence-electron chi connectivity index (χ0n) is 13.9. The Labute approximate surface area is 141 Å². The monoisotopic (exact) mass is 326 g/mol. The third kappa shape index (κ3) is 3.34. The van der Waals surface area contributed by atoms with Gasteiger partial charge in [0.15, 0.2) is 5.82 Å². The van der Waals surface area contributed by atoms with Gasteiger partial charge in [-0.05, 0) is 37.1 Å². The highest BCUT2D eigenvalue weighted by Crippen LogP contribution is 2.24. The Balaban J connectivity index is 1.38. The maximum absolute atomic E-state index is 5.22. The van der Waals surface area contributed by atoms with Crippen LogP contribution in [0.25, 0.3) is 0 Å². The number of anilines is 3. The van der Waals surface area contributed by atoms with Gasteiger partial charge in [0.1, 0.15) is 5.75 Å². The summed E-state index contributed by atoms with van der Waals surface area (Å²) in [5.41, 5.74) is 1.22. The Morgan fingerprint density at radius 2 is 1.75 bits per heavy atom. The Bertz CT molecular complexity index is 680. The number of rotatable bonds is 5. The lowest BCUT2D eigenvalue weighted by molar-refractivity contribution is 0.415. The lowest BCUT2D eigenvalue weighted by Crippen LogP contribution is -2.47. The van der Waals surface area contributed by atoms with Gasteiger partial charge in [-0.1, -0.05) is 0 Å². The molecule has 0 amide bonds. The number of ether oxygens (including phenoxy) is 1. The number of hydrogen-bond donors (Lipinski definition) is 1. The predicted molar refractivity (Wildman–Crippen MR) is 93.9 cm³/mol. The van der Waals surface area contributed by atoms with Crippen molar-refractivity contribution in [3.63, 3.8) is 0 Å². The Morgan fingerprint density at radius 3 is 2.42 bits per heavy atom. The first-order chi connectivity index (χ1) is 11.8. The summed E-state index contributed by atoms with van der Waals surface area (Å²) in [6, 6.07) is 8.78. The number of aromatic nitrogens is 3. The molecule has 1 aromatic carbocycles. The minimum Gasteiger partial charge on any atom is -0.497 e. The maximum Gasteiger partial charge on any atom is 0.247 e. The SMILES string of the molecule is COc1ccc(N2CCN(c3nncc(NC4CC4)n3)CC2)cc1. The van der Waals surface area contributed by atoms with E-state index in [1.807, 2.05) is 12.1 Å². The molecule has 0 radical (unpaired) electrons. The standard InChI is InChI=1S/C17H22N6O/c1-24-15-6-4-14(5-7-15)22-8-10-23(11-9-22)17-20-16(12-18-21-17)19-13-2-3-13/h4-7,12-13H,2-3,8-11H2,1H3,(H,19,20,21). The van der Waals surface area contributed by atoms with E-state index in [4.69, 9.17) is 4.74 Å². The van der Waals surface area contributed by atoms with Gasteiger partial charge >= 0.3 is 0 Å². The first-order valence-electron chi connectivity index (χ1n) is 8.42. The van der Waals surface area contributed by atoms with E-state index in [2.05, 4.69) is 42.4 Å². The summed E-state index contributed by atoms with van der Waals surface area (Å²) in [4.78, 5) is 9.17. The topological polar surface area (TPSA) is 66.4 Å². The molecule has 7 nitrogen and oxygen atoms in total. The van der Waals surface area contributed by atoms with Crippen LogP contribution in [0.2, 0.25) is 0 Å². The van der Waals surface area contributed by atoms with Crippen molar-refractivity contribution in [2.24, 2.45) is 0 Å². The fourth-order valence-corrected chi connectivity index (χ4v) is 2.89. The van der Waals surface area contributed by atoms with Gasteiger partial charge in [0.05, 0.1) is 13.3 Å². The van der Waals surface area contributed by atoms with E-state index in [-0.39, 0.29) is 0 Å². The minimum atomic E-state index is 0.571. The van der Waals surface area contributed by atoms with Crippen LogP contribution < -0.4 is 19.9 Å². The van der Waals surface area contributed by atoms with Gasteiger partial charge in [-0.25, -0.2) is 0 Å². The van der Waals surface area contributed by atoms with Crippen LogP contribution in [0.15, 0.2) is 30.5 Å². The summed E-state index contributed by atoms with van der Waals surface area (Å²) in [5.74, 6) is 2.44. The number of hydrogen-bond acceptors (Lipinski definition) is 7. The lowest BCUT2D eigenvalue weighted by atomic mass is 10.2. The van der Waals surface area contributed by atoms with Crippen LogP contribution in [0.3, 0.4) is 0 Å². The average molecular weight is 326 g/mol. The van der Waals surface area contributed by atoms with E-state index >= 15 is 0 Å². The van der Waals surface area contributed by atoms with Crippen molar-refractivity contribution in [3.8, 4) is 5.75 Å². The molecule has 1 aliphatic carbocycles. The van der Waals surface area contributed by atoms with Crippen LogP contribution in [-0.2, 0) is 0 Å². The molecule has 0 spiro atoms. The van der Waals surface area contributed by atoms with Crippen LogP contribution in [0.5, 0.6) is 5.75 Å². The summed E-state index contributed by atoms with van der Waals surface area (Å²) in [5, 5.41) is 11.7. The van der Waals surface area contributed by atoms with Gasteiger partial charge in [0.25, 0.3) is 0 Å². The highest BCUT2D eigenvalue weighted by molar-refractivity contribution is 5.51. The number of methoxy groups -OCH3 is 1. The Hall–Kier alpha value is -2.57. The molecule has 24 heavy (non-hydrogen) atoms. The fourth-order valence-electron chi connectivity index (χ4n) is 2.89. The van der Waals surface area contributed by atoms with Crippen molar-refractivity contribution >= 4 is 17.5 Å². The molecule has 0 bridgehead atoms. The molecule has 0 unspecified atom stereocenters. The first kappa shape index (κ1) is 15.0. The van der Waals surface area contributed by atoms with Gasteiger partial charge in [0, 0.05) is 37.9 Å². The molecule has 1 aromatic heterocycles. The molecule has 4 rings (SSSR count). The van der Waals surface area contributed by atoms with E-state index in [0.29, 0.717) is 6.04 Å². The van der Waals surface area contributed by atoms with Crippen molar-refractivity contribution in [1.29, 1.82) is 0 Å². The molecule has 126 valence electrons. The second kappa shape index (κ2) is 6.51. The van der Waals surface area contributed by atoms with Crippen molar-refractivity contribution in [2.75, 3.05) is 48.4 Å². The molecular formula is C17H22N6O. The Kier molecular flexibility index (Phi) is 4.06. The second-order valence-corrected chi connectivity index (χ2v) is 6.23. The van der Waals surface area contributed by atoms with Crippen LogP contribution in [0.4, 0.5) is 17.5 Å². The van der Waals surface area contributed by atoms with Crippen LogP contribution in [0, 0.1) is 0 Å². The smallest absolute Gasteiger partial charge is 0.247 e. The first-order valence-corrected chi connectivity index (χ1v) is 8.42. The number of piperazine rings is 1. The largest absolute Gasteiger partial charge is 0.497 e. The molecule has 1 N–H and O–H groups in total. The molecular weight excluding hydrogens is 304 g/mol. The lowest BCUT2D eigenvalue weighted by Gasteiger charge is -2.36. The molecule has 2 aliphatic rings. The summed E-state index contributed by atoms with van der Waals surface area (Å²) in [6.07, 6.45) is 4.15. The van der Waals surface area contributed by atoms with E-state index < -0.39 is 0 Å². The highest BCUT2D eigenvalue weighted by atomic mass is 16.5. The van der Waals surface area contributed by atoms with E-state index in [0.717, 1.165) is 43.7 Å². The molecule has 2 heterocycles. The maximum atomic E-state index is 5.22. The average Bonchev–Trinajstić information content (AvgIpc) is 3.46. The van der Waals surface area contributed by atoms with Crippen molar-refractivity contribution in [1.82, 2.24) is 15.2 Å². The minimum absolute atomic E-state index is 0.571. The number of nitrogens with one attached hydrogen (secondary N) is 1. The zero-order chi connectivity index (χ0) is 16.4. The quantitative estimate of drug-likeness (QED) is 0.898. The van der Waals surface area contributed by atoms with Gasteiger partial charge in [-0.2, -0.15) is 10.1 Å². The van der Waals surface area contributed by atoms with Gasteiger partial charge in [0.2, 0.25) is 5.95 Å². The molecule has 0 atom stereocenters.